The van der Waals surface area contributed by atoms with Gasteiger partial charge in [0.15, 0.2) is 5.78 Å². The van der Waals surface area contributed by atoms with E-state index in [1.807, 2.05) is 6.07 Å². The Balaban J connectivity index is 2.47. The summed E-state index contributed by atoms with van der Waals surface area (Å²) in [5, 5.41) is 0. The lowest BCUT2D eigenvalue weighted by atomic mass is 9.90. The highest BCUT2D eigenvalue weighted by Crippen LogP contribution is 2.30. The lowest BCUT2D eigenvalue weighted by Crippen LogP contribution is -2.24. The first-order valence-corrected chi connectivity index (χ1v) is 7.60. The van der Waals surface area contributed by atoms with Crippen LogP contribution in [0.3, 0.4) is 0 Å². The molecule has 0 aliphatic carbocycles. The van der Waals surface area contributed by atoms with Gasteiger partial charge in [-0.2, -0.15) is 0 Å². The van der Waals surface area contributed by atoms with Crippen molar-refractivity contribution in [3.63, 3.8) is 0 Å². The van der Waals surface area contributed by atoms with Gasteiger partial charge in [0.25, 0.3) is 0 Å². The van der Waals surface area contributed by atoms with Gasteiger partial charge in [0, 0.05) is 6.07 Å². The Morgan fingerprint density at radius 3 is 2.29 bits per heavy atom. The summed E-state index contributed by atoms with van der Waals surface area (Å²) in [7, 11) is 3.00. The van der Waals surface area contributed by atoms with Crippen molar-refractivity contribution >= 4 is 11.8 Å². The second-order valence-electron chi connectivity index (χ2n) is 5.03. The number of ketones is 1. The van der Waals surface area contributed by atoms with E-state index < -0.39 is 11.9 Å². The number of methoxy groups -OCH3 is 2. The maximum absolute atomic E-state index is 13.0. The van der Waals surface area contributed by atoms with Gasteiger partial charge in [0.05, 0.1) is 26.4 Å². The van der Waals surface area contributed by atoms with Crippen LogP contribution in [0.15, 0.2) is 48.5 Å². The van der Waals surface area contributed by atoms with Crippen LogP contribution in [0.2, 0.25) is 0 Å². The smallest absolute Gasteiger partial charge is 0.321 e. The topological polar surface area (TPSA) is 61.8 Å². The Morgan fingerprint density at radius 1 is 1.00 bits per heavy atom. The van der Waals surface area contributed by atoms with E-state index in [4.69, 9.17) is 14.2 Å². The van der Waals surface area contributed by atoms with E-state index in [2.05, 4.69) is 0 Å². The maximum atomic E-state index is 13.0. The van der Waals surface area contributed by atoms with Crippen LogP contribution in [0.5, 0.6) is 11.5 Å². The summed E-state index contributed by atoms with van der Waals surface area (Å²) in [5.74, 6) is -1.07. The third kappa shape index (κ3) is 3.74. The van der Waals surface area contributed by atoms with Crippen LogP contribution in [0.1, 0.15) is 28.8 Å². The fourth-order valence-electron chi connectivity index (χ4n) is 2.42. The lowest BCUT2D eigenvalue weighted by molar-refractivity contribution is -0.143. The van der Waals surface area contributed by atoms with Gasteiger partial charge in [-0.3, -0.25) is 9.59 Å². The van der Waals surface area contributed by atoms with Crippen molar-refractivity contribution in [1.29, 1.82) is 0 Å². The van der Waals surface area contributed by atoms with Gasteiger partial charge in [0.2, 0.25) is 0 Å². The summed E-state index contributed by atoms with van der Waals surface area (Å²) >= 11 is 0. The van der Waals surface area contributed by atoms with Crippen LogP contribution in [0.4, 0.5) is 0 Å². The van der Waals surface area contributed by atoms with Crippen molar-refractivity contribution in [2.75, 3.05) is 20.8 Å². The SMILES string of the molecule is CCOC(=O)C(C(=O)c1ccc(OC)cc1OC)c1ccccc1. The molecule has 0 N–H and O–H groups in total. The molecule has 5 nitrogen and oxygen atoms in total. The van der Waals surface area contributed by atoms with Crippen molar-refractivity contribution in [1.82, 2.24) is 0 Å². The number of hydrogen-bond donors (Lipinski definition) is 0. The summed E-state index contributed by atoms with van der Waals surface area (Å²) in [5.41, 5.74) is 0.888. The van der Waals surface area contributed by atoms with Gasteiger partial charge >= 0.3 is 5.97 Å². The number of Topliss-reactive ketones (excluding diaryl/α,β-unsaturated/α-hetero) is 1. The number of rotatable bonds is 7. The minimum Gasteiger partial charge on any atom is -0.497 e. The minimum atomic E-state index is -1.03. The molecule has 0 saturated carbocycles. The molecule has 0 fully saturated rings. The minimum absolute atomic E-state index is 0.204. The Morgan fingerprint density at radius 2 is 1.71 bits per heavy atom. The van der Waals surface area contributed by atoms with Gasteiger partial charge in [-0.1, -0.05) is 30.3 Å². The second kappa shape index (κ2) is 8.15. The van der Waals surface area contributed by atoms with Crippen molar-refractivity contribution < 1.29 is 23.8 Å². The first-order valence-electron chi connectivity index (χ1n) is 7.60. The standard InChI is InChI=1S/C19H20O5/c1-4-24-19(21)17(13-8-6-5-7-9-13)18(20)15-11-10-14(22-2)12-16(15)23-3/h5-12,17H,4H2,1-3H3. The predicted octanol–water partition coefficient (Wildman–Crippen LogP) is 3.23. The Hall–Kier alpha value is -2.82. The lowest BCUT2D eigenvalue weighted by Gasteiger charge is -2.17. The molecule has 2 aromatic rings. The number of carbonyl (C=O) groups excluding carboxylic acids is 2. The van der Waals surface area contributed by atoms with Crippen LogP contribution >= 0.6 is 0 Å². The molecule has 24 heavy (non-hydrogen) atoms. The molecule has 2 aromatic carbocycles. The van der Waals surface area contributed by atoms with E-state index in [-0.39, 0.29) is 12.4 Å². The Bertz CT molecular complexity index is 709. The zero-order valence-corrected chi connectivity index (χ0v) is 13.9. The molecular formula is C19H20O5. The molecule has 0 saturated heterocycles. The average Bonchev–Trinajstić information content (AvgIpc) is 2.62. The molecule has 0 bridgehead atoms. The first-order chi connectivity index (χ1) is 11.6. The monoisotopic (exact) mass is 328 g/mol. The van der Waals surface area contributed by atoms with Crippen LogP contribution in [0, 0.1) is 0 Å². The van der Waals surface area contributed by atoms with Crippen LogP contribution in [0.25, 0.3) is 0 Å². The summed E-state index contributed by atoms with van der Waals surface area (Å²) in [6.45, 7) is 1.91. The van der Waals surface area contributed by atoms with Crippen LogP contribution < -0.4 is 9.47 Å². The molecule has 1 unspecified atom stereocenters. The number of benzene rings is 2. The fourth-order valence-corrected chi connectivity index (χ4v) is 2.42. The highest BCUT2D eigenvalue weighted by Gasteiger charge is 2.32. The van der Waals surface area contributed by atoms with Gasteiger partial charge in [-0.25, -0.2) is 0 Å². The molecule has 1 atom stereocenters. The van der Waals surface area contributed by atoms with Crippen LogP contribution in [-0.4, -0.2) is 32.6 Å². The van der Waals surface area contributed by atoms with Gasteiger partial charge in [0.1, 0.15) is 17.4 Å². The van der Waals surface area contributed by atoms with Crippen molar-refractivity contribution in [3.05, 3.63) is 59.7 Å². The number of carbonyl (C=O) groups is 2. The van der Waals surface area contributed by atoms with E-state index >= 15 is 0 Å². The average molecular weight is 328 g/mol. The molecule has 0 spiro atoms. The predicted molar refractivity (Wildman–Crippen MR) is 89.7 cm³/mol. The number of ether oxygens (including phenoxy) is 3. The number of esters is 1. The van der Waals surface area contributed by atoms with Gasteiger partial charge in [-0.15, -0.1) is 0 Å². The molecule has 0 amide bonds. The molecule has 0 aliphatic heterocycles. The maximum Gasteiger partial charge on any atom is 0.321 e. The van der Waals surface area contributed by atoms with E-state index in [0.717, 1.165) is 0 Å². The molecule has 126 valence electrons. The van der Waals surface area contributed by atoms with Crippen molar-refractivity contribution in [2.24, 2.45) is 0 Å². The molecule has 2 rings (SSSR count). The Labute approximate surface area is 141 Å². The summed E-state index contributed by atoms with van der Waals surface area (Å²) < 4.78 is 15.5. The quantitative estimate of drug-likeness (QED) is 0.444. The molecule has 0 aliphatic rings. The molecule has 5 heteroatoms. The third-order valence-corrected chi connectivity index (χ3v) is 3.59. The highest BCUT2D eigenvalue weighted by molar-refractivity contribution is 6.14. The molecule has 0 heterocycles. The first kappa shape index (κ1) is 17.5. The summed E-state index contributed by atoms with van der Waals surface area (Å²) in [4.78, 5) is 25.4. The van der Waals surface area contributed by atoms with Crippen molar-refractivity contribution in [2.45, 2.75) is 12.8 Å². The molecule has 0 aromatic heterocycles. The molecular weight excluding hydrogens is 308 g/mol. The molecule has 0 radical (unpaired) electrons. The van der Waals surface area contributed by atoms with E-state index in [9.17, 15) is 9.59 Å². The largest absolute Gasteiger partial charge is 0.497 e. The third-order valence-electron chi connectivity index (χ3n) is 3.59. The second-order valence-corrected chi connectivity index (χ2v) is 5.03. The van der Waals surface area contributed by atoms with E-state index in [1.54, 1.807) is 49.4 Å². The summed E-state index contributed by atoms with van der Waals surface area (Å²) in [6, 6.07) is 13.7. The van der Waals surface area contributed by atoms with E-state index in [0.29, 0.717) is 22.6 Å². The zero-order chi connectivity index (χ0) is 17.5. The fraction of sp³-hybridized carbons (Fsp3) is 0.263. The van der Waals surface area contributed by atoms with Crippen LogP contribution in [-0.2, 0) is 9.53 Å². The van der Waals surface area contributed by atoms with Gasteiger partial charge in [-0.05, 0) is 24.6 Å². The zero-order valence-electron chi connectivity index (χ0n) is 13.9. The number of hydrogen-bond acceptors (Lipinski definition) is 5. The normalized spacial score (nSPS) is 11.5. The van der Waals surface area contributed by atoms with Gasteiger partial charge < -0.3 is 14.2 Å². The summed E-state index contributed by atoms with van der Waals surface area (Å²) in [6.07, 6.45) is 0. The Kier molecular flexibility index (Phi) is 5.95. The van der Waals surface area contributed by atoms with E-state index in [1.165, 1.54) is 14.2 Å². The van der Waals surface area contributed by atoms with Crippen molar-refractivity contribution in [3.8, 4) is 11.5 Å². The highest BCUT2D eigenvalue weighted by atomic mass is 16.5.